The van der Waals surface area contributed by atoms with Gasteiger partial charge in [-0.1, -0.05) is 12.1 Å². The van der Waals surface area contributed by atoms with Crippen molar-refractivity contribution in [3.63, 3.8) is 0 Å². The molecule has 1 saturated carbocycles. The Morgan fingerprint density at radius 1 is 0.976 bits per heavy atom. The zero-order valence-electron chi connectivity index (χ0n) is 21.8. The molecule has 1 aliphatic heterocycles. The predicted molar refractivity (Wildman–Crippen MR) is 146 cm³/mol. The van der Waals surface area contributed by atoms with E-state index in [1.165, 1.54) is 12.1 Å². The molecular formula is C29H25F3N6O3. The third-order valence-electron chi connectivity index (χ3n) is 7.39. The number of hydrogen-bond acceptors (Lipinski definition) is 5. The number of aryl methyl sites for hydroxylation is 1. The third kappa shape index (κ3) is 5.50. The van der Waals surface area contributed by atoms with E-state index in [0.717, 1.165) is 23.3 Å². The molecule has 210 valence electrons. The van der Waals surface area contributed by atoms with Crippen molar-refractivity contribution in [1.82, 2.24) is 14.8 Å². The molecule has 2 fully saturated rings. The number of aromatic nitrogens is 3. The number of alkyl halides is 3. The lowest BCUT2D eigenvalue weighted by Crippen LogP contribution is -2.20. The Hall–Kier alpha value is -4.71. The second-order valence-electron chi connectivity index (χ2n) is 10.1. The molecule has 0 radical (unpaired) electrons. The minimum absolute atomic E-state index is 0.0129. The molecule has 4 aromatic rings. The highest BCUT2D eigenvalue weighted by Gasteiger charge is 2.58. The number of benzene rings is 2. The van der Waals surface area contributed by atoms with Gasteiger partial charge in [-0.2, -0.15) is 18.3 Å². The van der Waals surface area contributed by atoms with Crippen molar-refractivity contribution in [3.8, 4) is 16.8 Å². The average Bonchev–Trinajstić information content (AvgIpc) is 3.25. The highest BCUT2D eigenvalue weighted by molar-refractivity contribution is 6.00. The largest absolute Gasteiger partial charge is 0.416 e. The molecule has 2 atom stereocenters. The number of ether oxygens (including phenoxy) is 1. The Bertz CT molecular complexity index is 1630. The van der Waals surface area contributed by atoms with E-state index in [1.54, 1.807) is 53.7 Å². The van der Waals surface area contributed by atoms with E-state index in [1.807, 2.05) is 6.92 Å². The number of hydrogen-bond donors (Lipinski definition) is 3. The summed E-state index contributed by atoms with van der Waals surface area (Å²) < 4.78 is 46.0. The summed E-state index contributed by atoms with van der Waals surface area (Å²) in [6.07, 6.45) is 2.21. The fraction of sp³-hybridized carbons (Fsp3) is 0.241. The number of rotatable bonds is 6. The summed E-state index contributed by atoms with van der Waals surface area (Å²) >= 11 is 0. The standard InChI is InChI=1S/C29H25F3N6O3/c1-16-5-6-20(36-28(40)35-19-4-2-3-18(9-19)29(30,31)32)10-25(16)38-13-17(11-34-38)21-12-33-8-7-24(21)37-27(39)26-22-14-41-15-23(22)26/h2-13,22-23,26H,14-15H2,1H3,(H,33,37,39)(H2,35,36,40). The van der Waals surface area contributed by atoms with Crippen molar-refractivity contribution in [1.29, 1.82) is 0 Å². The van der Waals surface area contributed by atoms with Crippen LogP contribution in [0.3, 0.4) is 0 Å². The van der Waals surface area contributed by atoms with Crippen molar-refractivity contribution >= 4 is 29.0 Å². The van der Waals surface area contributed by atoms with Gasteiger partial charge < -0.3 is 20.7 Å². The fourth-order valence-corrected chi connectivity index (χ4v) is 5.17. The Balaban J connectivity index is 1.17. The fourth-order valence-electron chi connectivity index (χ4n) is 5.17. The quantitative estimate of drug-likeness (QED) is 0.278. The maximum absolute atomic E-state index is 13.0. The highest BCUT2D eigenvalue weighted by Crippen LogP contribution is 2.51. The first kappa shape index (κ1) is 26.5. The second kappa shape index (κ2) is 10.4. The molecule has 3 N–H and O–H groups in total. The number of fused-ring (bicyclic) bond motifs is 1. The van der Waals surface area contributed by atoms with Gasteiger partial charge in [0, 0.05) is 47.0 Å². The smallest absolute Gasteiger partial charge is 0.381 e. The van der Waals surface area contributed by atoms with E-state index >= 15 is 0 Å². The van der Waals surface area contributed by atoms with Crippen LogP contribution >= 0.6 is 0 Å². The van der Waals surface area contributed by atoms with Gasteiger partial charge in [-0.15, -0.1) is 0 Å². The maximum atomic E-state index is 13.0. The van der Waals surface area contributed by atoms with Crippen LogP contribution in [0.25, 0.3) is 16.8 Å². The first-order valence-corrected chi connectivity index (χ1v) is 12.9. The van der Waals surface area contributed by atoms with Gasteiger partial charge in [0.15, 0.2) is 0 Å². The molecule has 0 bridgehead atoms. The third-order valence-corrected chi connectivity index (χ3v) is 7.39. The normalized spacial score (nSPS) is 19.4. The number of nitrogens with zero attached hydrogens (tertiary/aromatic N) is 3. The van der Waals surface area contributed by atoms with Crippen LogP contribution in [-0.2, 0) is 15.7 Å². The Morgan fingerprint density at radius 2 is 1.73 bits per heavy atom. The maximum Gasteiger partial charge on any atom is 0.416 e. The second-order valence-corrected chi connectivity index (χ2v) is 10.1. The number of nitrogens with one attached hydrogen (secondary N) is 3. The summed E-state index contributed by atoms with van der Waals surface area (Å²) in [5.74, 6) is 0.524. The van der Waals surface area contributed by atoms with Gasteiger partial charge >= 0.3 is 12.2 Å². The molecule has 1 saturated heterocycles. The van der Waals surface area contributed by atoms with Crippen LogP contribution in [0.2, 0.25) is 0 Å². The first-order chi connectivity index (χ1) is 19.7. The number of pyridine rings is 1. The number of anilines is 3. The Labute approximate surface area is 232 Å². The highest BCUT2D eigenvalue weighted by atomic mass is 19.4. The molecule has 9 nitrogen and oxygen atoms in total. The summed E-state index contributed by atoms with van der Waals surface area (Å²) in [7, 11) is 0. The van der Waals surface area contributed by atoms with Crippen LogP contribution in [0.15, 0.2) is 73.3 Å². The molecule has 2 aromatic carbocycles. The molecule has 41 heavy (non-hydrogen) atoms. The summed E-state index contributed by atoms with van der Waals surface area (Å²) in [6, 6.07) is 10.6. The van der Waals surface area contributed by atoms with E-state index in [4.69, 9.17) is 4.74 Å². The van der Waals surface area contributed by atoms with E-state index in [-0.39, 0.29) is 17.5 Å². The lowest BCUT2D eigenvalue weighted by atomic mass is 10.1. The van der Waals surface area contributed by atoms with Crippen LogP contribution in [0, 0.1) is 24.7 Å². The van der Waals surface area contributed by atoms with Crippen molar-refractivity contribution in [2.24, 2.45) is 17.8 Å². The number of halogens is 3. The van der Waals surface area contributed by atoms with Gasteiger partial charge in [0.2, 0.25) is 5.91 Å². The van der Waals surface area contributed by atoms with E-state index in [9.17, 15) is 22.8 Å². The number of carbonyl (C=O) groups is 2. The lowest BCUT2D eigenvalue weighted by Gasteiger charge is -2.13. The van der Waals surface area contributed by atoms with Gasteiger partial charge in [-0.25, -0.2) is 9.48 Å². The molecule has 6 rings (SSSR count). The van der Waals surface area contributed by atoms with Gasteiger partial charge in [-0.3, -0.25) is 9.78 Å². The summed E-state index contributed by atoms with van der Waals surface area (Å²) in [5, 5.41) is 12.6. The minimum Gasteiger partial charge on any atom is -0.381 e. The van der Waals surface area contributed by atoms with Gasteiger partial charge in [0.25, 0.3) is 0 Å². The summed E-state index contributed by atoms with van der Waals surface area (Å²) in [5.41, 5.74) is 3.19. The predicted octanol–water partition coefficient (Wildman–Crippen LogP) is 5.74. The molecule has 1 aliphatic carbocycles. The van der Waals surface area contributed by atoms with Crippen LogP contribution in [-0.4, -0.2) is 39.9 Å². The van der Waals surface area contributed by atoms with E-state index in [2.05, 4.69) is 26.0 Å². The zero-order valence-corrected chi connectivity index (χ0v) is 21.8. The molecule has 0 spiro atoms. The number of amides is 3. The zero-order chi connectivity index (χ0) is 28.7. The number of carbonyl (C=O) groups excluding carboxylic acids is 2. The molecule has 12 heteroatoms. The summed E-state index contributed by atoms with van der Waals surface area (Å²) in [4.78, 5) is 29.6. The van der Waals surface area contributed by atoms with Gasteiger partial charge in [0.1, 0.15) is 0 Å². The SMILES string of the molecule is Cc1ccc(NC(=O)Nc2cccc(C(F)(F)F)c2)cc1-n1cc(-c2cnccc2NC(=O)C2C3COCC32)cn1. The Kier molecular flexibility index (Phi) is 6.70. The first-order valence-electron chi connectivity index (χ1n) is 12.9. The van der Waals surface area contributed by atoms with Crippen LogP contribution < -0.4 is 16.0 Å². The van der Waals surface area contributed by atoms with E-state index in [0.29, 0.717) is 47.7 Å². The molecule has 3 heterocycles. The van der Waals surface area contributed by atoms with Crippen molar-refractivity contribution in [2.75, 3.05) is 29.2 Å². The van der Waals surface area contributed by atoms with Crippen LogP contribution in [0.5, 0.6) is 0 Å². The van der Waals surface area contributed by atoms with Crippen molar-refractivity contribution in [2.45, 2.75) is 13.1 Å². The van der Waals surface area contributed by atoms with Crippen molar-refractivity contribution < 1.29 is 27.5 Å². The van der Waals surface area contributed by atoms with Crippen LogP contribution in [0.4, 0.5) is 35.0 Å². The molecule has 3 amide bonds. The topological polar surface area (TPSA) is 110 Å². The average molecular weight is 563 g/mol. The van der Waals surface area contributed by atoms with Crippen molar-refractivity contribution in [3.05, 3.63) is 84.4 Å². The summed E-state index contributed by atoms with van der Waals surface area (Å²) in [6.45, 7) is 3.13. The van der Waals surface area contributed by atoms with Crippen LogP contribution in [0.1, 0.15) is 11.1 Å². The van der Waals surface area contributed by atoms with Gasteiger partial charge in [0.05, 0.1) is 36.3 Å². The number of urea groups is 1. The van der Waals surface area contributed by atoms with Gasteiger partial charge in [-0.05, 0) is 60.7 Å². The molecule has 2 aromatic heterocycles. The minimum atomic E-state index is -4.52. The lowest BCUT2D eigenvalue weighted by molar-refractivity contribution is -0.137. The monoisotopic (exact) mass is 562 g/mol. The molecule has 2 aliphatic rings. The Morgan fingerprint density at radius 3 is 2.49 bits per heavy atom. The molecule has 2 unspecified atom stereocenters. The molecular weight excluding hydrogens is 537 g/mol. The van der Waals surface area contributed by atoms with E-state index < -0.39 is 17.8 Å².